The summed E-state index contributed by atoms with van der Waals surface area (Å²) in [5, 5.41) is 11.0. The molecule has 0 saturated carbocycles. The van der Waals surface area contributed by atoms with Crippen LogP contribution in [0.1, 0.15) is 66.2 Å². The Morgan fingerprint density at radius 3 is 1.94 bits per heavy atom. The fourth-order valence-corrected chi connectivity index (χ4v) is 13.0. The summed E-state index contributed by atoms with van der Waals surface area (Å²) in [5.41, 5.74) is 2.60. The molecule has 0 unspecified atom stereocenters. The van der Waals surface area contributed by atoms with Crippen molar-refractivity contribution in [1.82, 2.24) is 10.2 Å². The molecule has 6 heteroatoms. The van der Waals surface area contributed by atoms with Crippen LogP contribution in [-0.2, 0) is 4.79 Å². The zero-order valence-corrected chi connectivity index (χ0v) is 24.1. The average Bonchev–Trinajstić information content (AvgIpc) is 3.33. The van der Waals surface area contributed by atoms with Crippen LogP contribution in [0.5, 0.6) is 0 Å². The summed E-state index contributed by atoms with van der Waals surface area (Å²) in [5.74, 6) is 0.441. The summed E-state index contributed by atoms with van der Waals surface area (Å²) < 4.78 is 10.6. The molecule has 3 rings (SSSR count). The maximum atomic E-state index is 11.1. The molecule has 0 fully saturated rings. The van der Waals surface area contributed by atoms with E-state index in [9.17, 15) is 4.79 Å². The van der Waals surface area contributed by atoms with Crippen molar-refractivity contribution in [2.24, 2.45) is 0 Å². The minimum absolute atomic E-state index is 0.0179. The molecule has 1 aliphatic carbocycles. The summed E-state index contributed by atoms with van der Waals surface area (Å²) >= 11 is -0.839. The van der Waals surface area contributed by atoms with Gasteiger partial charge in [-0.3, -0.25) is 4.79 Å². The number of ketones is 1. The second-order valence-electron chi connectivity index (χ2n) is 8.61. The van der Waals surface area contributed by atoms with Gasteiger partial charge in [-0.25, -0.2) is 0 Å². The first-order valence-corrected chi connectivity index (χ1v) is 18.7. The van der Waals surface area contributed by atoms with Gasteiger partial charge in [0, 0.05) is 11.3 Å². The van der Waals surface area contributed by atoms with E-state index in [1.807, 2.05) is 37.3 Å². The van der Waals surface area contributed by atoms with Gasteiger partial charge >= 0.3 is 98.4 Å². The number of carbonyl (C=O) groups excluding carboxylic acids is 1. The number of unbranched alkanes of at least 4 members (excludes halogenated alkanes) is 3. The number of carbonyl (C=O) groups is 1. The summed E-state index contributed by atoms with van der Waals surface area (Å²) in [7, 11) is 0. The van der Waals surface area contributed by atoms with Crippen LogP contribution in [0.25, 0.3) is 11.5 Å². The minimum atomic E-state index is -0.839. The van der Waals surface area contributed by atoms with Gasteiger partial charge in [0.25, 0.3) is 0 Å². The molecule has 0 saturated heterocycles. The number of hydrogen-bond donors (Lipinski definition) is 1. The number of nitrogens with zero attached hydrogens (tertiary/aromatic N) is 2. The number of allylic oxidation sites excluding steroid dienone is 6. The number of benzene rings is 1. The predicted octanol–water partition coefficient (Wildman–Crippen LogP) is 8.00. The Kier molecular flexibility index (Phi) is 13.6. The fraction of sp³-hybridized carbons (Fsp3) is 0.464. The van der Waals surface area contributed by atoms with E-state index in [0.29, 0.717) is 11.9 Å². The first kappa shape index (κ1) is 28.1. The van der Waals surface area contributed by atoms with Crippen LogP contribution in [0.3, 0.4) is 0 Å². The van der Waals surface area contributed by atoms with Gasteiger partial charge < -0.3 is 9.73 Å². The standard InChI is InChI=1S/C16H13N3O2.3C4H9.Sn/c1-11(12-7-9-14(20)10-8-12)17-16-19-18-15(21-16)13-5-3-2-4-6-13;3*1-3-4-2;/h2-10H,1H3,(H,17,19);3*1,3-4H2,2H3;. The van der Waals surface area contributed by atoms with Gasteiger partial charge in [0.15, 0.2) is 5.78 Å². The van der Waals surface area contributed by atoms with Crippen LogP contribution in [0, 0.1) is 0 Å². The van der Waals surface area contributed by atoms with Gasteiger partial charge in [-0.05, 0) is 48.9 Å². The van der Waals surface area contributed by atoms with Crippen molar-refractivity contribution in [3.05, 3.63) is 65.9 Å². The van der Waals surface area contributed by atoms with E-state index in [2.05, 4.69) is 36.3 Å². The van der Waals surface area contributed by atoms with E-state index in [-0.39, 0.29) is 5.78 Å². The molecule has 0 bridgehead atoms. The van der Waals surface area contributed by atoms with Gasteiger partial charge in [0.2, 0.25) is 5.89 Å². The van der Waals surface area contributed by atoms with Crippen molar-refractivity contribution < 1.29 is 9.21 Å². The van der Waals surface area contributed by atoms with E-state index in [0.717, 1.165) is 16.8 Å². The Bertz CT molecular complexity index is 911. The first-order chi connectivity index (χ1) is 16.6. The molecule has 5 nitrogen and oxygen atoms in total. The molecular formula is C28H40N3O2Sn. The van der Waals surface area contributed by atoms with Crippen molar-refractivity contribution >= 4 is 31.6 Å². The van der Waals surface area contributed by atoms with Gasteiger partial charge in [-0.1, -0.05) is 23.3 Å². The average molecular weight is 569 g/mol. The monoisotopic (exact) mass is 570 g/mol. The maximum absolute atomic E-state index is 11.1. The molecule has 0 aliphatic heterocycles. The molecule has 1 aromatic heterocycles. The number of anilines is 1. The molecule has 1 heterocycles. The van der Waals surface area contributed by atoms with Crippen LogP contribution >= 0.6 is 0 Å². The molecule has 0 atom stereocenters. The zero-order valence-electron chi connectivity index (χ0n) is 21.3. The molecule has 34 heavy (non-hydrogen) atoms. The van der Waals surface area contributed by atoms with Gasteiger partial charge in [-0.2, -0.15) is 0 Å². The zero-order chi connectivity index (χ0) is 24.6. The van der Waals surface area contributed by atoms with Crippen LogP contribution in [0.15, 0.2) is 70.3 Å². The third kappa shape index (κ3) is 10.4. The second kappa shape index (κ2) is 16.5. The molecule has 1 N–H and O–H groups in total. The van der Waals surface area contributed by atoms with Crippen LogP contribution in [0.2, 0.25) is 13.3 Å². The second-order valence-corrected chi connectivity index (χ2v) is 17.2. The van der Waals surface area contributed by atoms with Crippen LogP contribution in [-0.4, -0.2) is 35.7 Å². The van der Waals surface area contributed by atoms with Crippen molar-refractivity contribution in [3.63, 3.8) is 0 Å². The van der Waals surface area contributed by atoms with Gasteiger partial charge in [-0.15, -0.1) is 5.10 Å². The predicted molar refractivity (Wildman–Crippen MR) is 144 cm³/mol. The number of hydrogen-bond acceptors (Lipinski definition) is 5. The first-order valence-electron chi connectivity index (χ1n) is 12.7. The quantitative estimate of drug-likeness (QED) is 0.263. The van der Waals surface area contributed by atoms with E-state index >= 15 is 0 Å². The fourth-order valence-electron chi connectivity index (χ4n) is 3.56. The Hall–Kier alpha value is -2.15. The Morgan fingerprint density at radius 2 is 1.41 bits per heavy atom. The van der Waals surface area contributed by atoms with E-state index in [1.165, 1.54) is 50.7 Å². The SMILES string of the molecule is CC(Nc1nnc(-c2ccccc2)o1)=C1C=CC(=O)C=C1.CCC[CH2][Sn]([CH2]CCC)[CH2]CCC. The van der Waals surface area contributed by atoms with Crippen LogP contribution < -0.4 is 5.32 Å². The molecule has 1 aliphatic rings. The van der Waals surface area contributed by atoms with E-state index in [1.54, 1.807) is 25.5 Å². The summed E-state index contributed by atoms with van der Waals surface area (Å²) in [6, 6.07) is 9.87. The number of aromatic nitrogens is 2. The summed E-state index contributed by atoms with van der Waals surface area (Å²) in [6.45, 7) is 8.88. The molecule has 1 radical (unpaired) electrons. The number of nitrogens with one attached hydrogen (secondary N) is 1. The topological polar surface area (TPSA) is 68.0 Å². The molecule has 0 amide bonds. The Morgan fingerprint density at radius 1 is 0.853 bits per heavy atom. The van der Waals surface area contributed by atoms with E-state index in [4.69, 9.17) is 4.42 Å². The van der Waals surface area contributed by atoms with Crippen molar-refractivity contribution in [2.45, 2.75) is 79.5 Å². The van der Waals surface area contributed by atoms with Crippen molar-refractivity contribution in [3.8, 4) is 11.5 Å². The normalized spacial score (nSPS) is 12.6. The van der Waals surface area contributed by atoms with E-state index < -0.39 is 19.8 Å². The molecule has 183 valence electrons. The summed E-state index contributed by atoms with van der Waals surface area (Å²) in [4.78, 5) is 11.1. The molecule has 1 aromatic carbocycles. The molecule has 0 spiro atoms. The Balaban J connectivity index is 0.000000273. The third-order valence-electron chi connectivity index (χ3n) is 5.68. The summed E-state index contributed by atoms with van der Waals surface area (Å²) in [6.07, 6.45) is 15.4. The van der Waals surface area contributed by atoms with Gasteiger partial charge in [0.1, 0.15) is 0 Å². The molecule has 2 aromatic rings. The van der Waals surface area contributed by atoms with Crippen molar-refractivity contribution in [2.75, 3.05) is 5.32 Å². The van der Waals surface area contributed by atoms with Gasteiger partial charge in [0.05, 0.1) is 0 Å². The molecular weight excluding hydrogens is 529 g/mol. The Labute approximate surface area is 212 Å². The number of rotatable bonds is 12. The van der Waals surface area contributed by atoms with Crippen LogP contribution in [0.4, 0.5) is 6.01 Å². The third-order valence-corrected chi connectivity index (χ3v) is 14.8. The van der Waals surface area contributed by atoms with Crippen molar-refractivity contribution in [1.29, 1.82) is 0 Å².